The predicted molar refractivity (Wildman–Crippen MR) is 59.7 cm³/mol. The maximum absolute atomic E-state index is 11.4. The van der Waals surface area contributed by atoms with Crippen LogP contribution in [0, 0.1) is 5.92 Å². The molecule has 15 heavy (non-hydrogen) atoms. The van der Waals surface area contributed by atoms with E-state index >= 15 is 0 Å². The van der Waals surface area contributed by atoms with E-state index in [9.17, 15) is 4.79 Å². The summed E-state index contributed by atoms with van der Waals surface area (Å²) in [6.07, 6.45) is 0. The number of methoxy groups -OCH3 is 1. The van der Waals surface area contributed by atoms with Crippen molar-refractivity contribution >= 4 is 5.91 Å². The minimum atomic E-state index is 0.0136. The number of amides is 1. The molecule has 0 atom stereocenters. The third kappa shape index (κ3) is 3.27. The molecule has 0 bridgehead atoms. The van der Waals surface area contributed by atoms with Gasteiger partial charge in [0, 0.05) is 18.0 Å². The standard InChI is InChI=1S/C12H17NO2/c1-9(2)12(14)13-8-10-6-4-5-7-11(10)15-3/h4-7,9H,8H2,1-3H3,(H,13,14). The van der Waals surface area contributed by atoms with E-state index in [-0.39, 0.29) is 11.8 Å². The molecule has 1 amide bonds. The van der Waals surface area contributed by atoms with Gasteiger partial charge >= 0.3 is 0 Å². The molecule has 0 spiro atoms. The lowest BCUT2D eigenvalue weighted by Crippen LogP contribution is -2.27. The number of carbonyl (C=O) groups excluding carboxylic acids is 1. The molecule has 0 aliphatic rings. The Morgan fingerprint density at radius 3 is 2.67 bits per heavy atom. The van der Waals surface area contributed by atoms with Crippen LogP contribution in [0.4, 0.5) is 0 Å². The summed E-state index contributed by atoms with van der Waals surface area (Å²) >= 11 is 0. The summed E-state index contributed by atoms with van der Waals surface area (Å²) in [5.74, 6) is 0.877. The predicted octanol–water partition coefficient (Wildman–Crippen LogP) is 1.97. The third-order valence-corrected chi connectivity index (χ3v) is 2.17. The number of nitrogens with one attached hydrogen (secondary N) is 1. The van der Waals surface area contributed by atoms with Crippen LogP contribution in [0.2, 0.25) is 0 Å². The van der Waals surface area contributed by atoms with Gasteiger partial charge in [-0.1, -0.05) is 32.0 Å². The van der Waals surface area contributed by atoms with Gasteiger partial charge in [-0.25, -0.2) is 0 Å². The second-order valence-electron chi connectivity index (χ2n) is 3.68. The van der Waals surface area contributed by atoms with Gasteiger partial charge < -0.3 is 10.1 Å². The van der Waals surface area contributed by atoms with Gasteiger partial charge in [-0.05, 0) is 6.07 Å². The molecule has 1 N–H and O–H groups in total. The van der Waals surface area contributed by atoms with Gasteiger partial charge in [0.05, 0.1) is 7.11 Å². The number of carbonyl (C=O) groups is 1. The highest BCUT2D eigenvalue weighted by Gasteiger charge is 2.07. The molecule has 82 valence electrons. The molecule has 0 heterocycles. The van der Waals surface area contributed by atoms with Crippen molar-refractivity contribution in [2.24, 2.45) is 5.92 Å². The van der Waals surface area contributed by atoms with Crippen LogP contribution in [0.25, 0.3) is 0 Å². The average molecular weight is 207 g/mol. The molecule has 0 fully saturated rings. The van der Waals surface area contributed by atoms with E-state index in [0.717, 1.165) is 11.3 Å². The first-order valence-electron chi connectivity index (χ1n) is 5.04. The van der Waals surface area contributed by atoms with E-state index in [4.69, 9.17) is 4.74 Å². The Morgan fingerprint density at radius 2 is 2.07 bits per heavy atom. The zero-order valence-electron chi connectivity index (χ0n) is 9.41. The molecular formula is C12H17NO2. The second-order valence-corrected chi connectivity index (χ2v) is 3.68. The van der Waals surface area contributed by atoms with E-state index in [1.165, 1.54) is 0 Å². The van der Waals surface area contributed by atoms with Crippen LogP contribution in [-0.4, -0.2) is 13.0 Å². The van der Waals surface area contributed by atoms with Crippen LogP contribution in [0.3, 0.4) is 0 Å². The van der Waals surface area contributed by atoms with Crippen molar-refractivity contribution in [2.45, 2.75) is 20.4 Å². The number of hydrogen-bond acceptors (Lipinski definition) is 2. The number of benzene rings is 1. The fourth-order valence-corrected chi connectivity index (χ4v) is 1.24. The van der Waals surface area contributed by atoms with Gasteiger partial charge in [0.2, 0.25) is 5.91 Å². The molecule has 0 radical (unpaired) electrons. The minimum absolute atomic E-state index is 0.0136. The van der Waals surface area contributed by atoms with Gasteiger partial charge in [0.1, 0.15) is 5.75 Å². The third-order valence-electron chi connectivity index (χ3n) is 2.17. The quantitative estimate of drug-likeness (QED) is 0.819. The Bertz CT molecular complexity index is 334. The van der Waals surface area contributed by atoms with E-state index in [1.54, 1.807) is 7.11 Å². The topological polar surface area (TPSA) is 38.3 Å². The van der Waals surface area contributed by atoms with Crippen molar-refractivity contribution in [3.05, 3.63) is 29.8 Å². The SMILES string of the molecule is COc1ccccc1CNC(=O)C(C)C. The van der Waals surface area contributed by atoms with Gasteiger partial charge in [0.15, 0.2) is 0 Å². The Kier molecular flexibility index (Phi) is 4.16. The summed E-state index contributed by atoms with van der Waals surface area (Å²) in [5.41, 5.74) is 0.994. The minimum Gasteiger partial charge on any atom is -0.496 e. The first-order valence-corrected chi connectivity index (χ1v) is 5.04. The Labute approximate surface area is 90.4 Å². The highest BCUT2D eigenvalue weighted by Crippen LogP contribution is 2.16. The van der Waals surface area contributed by atoms with Crippen LogP contribution < -0.4 is 10.1 Å². The van der Waals surface area contributed by atoms with Gasteiger partial charge in [0.25, 0.3) is 0 Å². The summed E-state index contributed by atoms with van der Waals surface area (Å²) in [6.45, 7) is 4.26. The first kappa shape index (κ1) is 11.6. The van der Waals surface area contributed by atoms with Crippen molar-refractivity contribution in [2.75, 3.05) is 7.11 Å². The van der Waals surface area contributed by atoms with Crippen molar-refractivity contribution in [3.8, 4) is 5.75 Å². The number of hydrogen-bond donors (Lipinski definition) is 1. The number of ether oxygens (including phenoxy) is 1. The van der Waals surface area contributed by atoms with Crippen molar-refractivity contribution < 1.29 is 9.53 Å². The summed E-state index contributed by atoms with van der Waals surface area (Å²) in [4.78, 5) is 11.4. The summed E-state index contributed by atoms with van der Waals surface area (Å²) in [7, 11) is 1.63. The lowest BCUT2D eigenvalue weighted by Gasteiger charge is -2.10. The molecule has 0 aliphatic heterocycles. The maximum Gasteiger partial charge on any atom is 0.222 e. The van der Waals surface area contributed by atoms with Gasteiger partial charge in [-0.3, -0.25) is 4.79 Å². The summed E-state index contributed by atoms with van der Waals surface area (Å²) in [5, 5.41) is 2.85. The Hall–Kier alpha value is -1.51. The summed E-state index contributed by atoms with van der Waals surface area (Å²) in [6, 6.07) is 7.67. The molecule has 1 aromatic carbocycles. The Morgan fingerprint density at radius 1 is 1.40 bits per heavy atom. The second kappa shape index (κ2) is 5.39. The normalized spacial score (nSPS) is 10.1. The lowest BCUT2D eigenvalue weighted by molar-refractivity contribution is -0.124. The largest absolute Gasteiger partial charge is 0.496 e. The number of para-hydroxylation sites is 1. The van der Waals surface area contributed by atoms with Crippen molar-refractivity contribution in [3.63, 3.8) is 0 Å². The molecule has 0 saturated carbocycles. The van der Waals surface area contributed by atoms with Gasteiger partial charge in [-0.15, -0.1) is 0 Å². The van der Waals surface area contributed by atoms with E-state index in [2.05, 4.69) is 5.32 Å². The zero-order chi connectivity index (χ0) is 11.3. The van der Waals surface area contributed by atoms with E-state index < -0.39 is 0 Å². The highest BCUT2D eigenvalue weighted by atomic mass is 16.5. The fraction of sp³-hybridized carbons (Fsp3) is 0.417. The molecule has 0 aromatic heterocycles. The fourth-order valence-electron chi connectivity index (χ4n) is 1.24. The molecular weight excluding hydrogens is 190 g/mol. The van der Waals surface area contributed by atoms with E-state index in [1.807, 2.05) is 38.1 Å². The molecule has 0 unspecified atom stereocenters. The zero-order valence-corrected chi connectivity index (χ0v) is 9.41. The monoisotopic (exact) mass is 207 g/mol. The highest BCUT2D eigenvalue weighted by molar-refractivity contribution is 5.77. The molecule has 0 aliphatic carbocycles. The van der Waals surface area contributed by atoms with Crippen LogP contribution in [0.5, 0.6) is 5.75 Å². The van der Waals surface area contributed by atoms with Crippen LogP contribution >= 0.6 is 0 Å². The Balaban J connectivity index is 2.61. The van der Waals surface area contributed by atoms with Crippen molar-refractivity contribution in [1.29, 1.82) is 0 Å². The average Bonchev–Trinajstić information content (AvgIpc) is 2.26. The van der Waals surface area contributed by atoms with Crippen LogP contribution in [-0.2, 0) is 11.3 Å². The van der Waals surface area contributed by atoms with Gasteiger partial charge in [-0.2, -0.15) is 0 Å². The first-order chi connectivity index (χ1) is 7.15. The molecule has 0 saturated heterocycles. The van der Waals surface area contributed by atoms with Crippen LogP contribution in [0.1, 0.15) is 19.4 Å². The van der Waals surface area contributed by atoms with E-state index in [0.29, 0.717) is 6.54 Å². The lowest BCUT2D eigenvalue weighted by atomic mass is 10.1. The molecule has 3 heteroatoms. The summed E-state index contributed by atoms with van der Waals surface area (Å²) < 4.78 is 5.19. The molecule has 3 nitrogen and oxygen atoms in total. The van der Waals surface area contributed by atoms with Crippen molar-refractivity contribution in [1.82, 2.24) is 5.32 Å². The molecule has 1 aromatic rings. The van der Waals surface area contributed by atoms with Crippen LogP contribution in [0.15, 0.2) is 24.3 Å². The molecule has 1 rings (SSSR count). The maximum atomic E-state index is 11.4. The smallest absolute Gasteiger partial charge is 0.222 e. The number of rotatable bonds is 4.